The molecule has 9 heteroatoms. The van der Waals surface area contributed by atoms with Crippen LogP contribution in [0.2, 0.25) is 0 Å². The summed E-state index contributed by atoms with van der Waals surface area (Å²) in [5.41, 5.74) is 7.67. The van der Waals surface area contributed by atoms with Gasteiger partial charge in [0.05, 0.1) is 25.0 Å². The Balaban J connectivity index is 1.80. The van der Waals surface area contributed by atoms with E-state index >= 15 is 0 Å². The van der Waals surface area contributed by atoms with Gasteiger partial charge in [-0.05, 0) is 87.9 Å². The zero-order chi connectivity index (χ0) is 28.1. The van der Waals surface area contributed by atoms with Crippen molar-refractivity contribution in [2.45, 2.75) is 54.7 Å². The van der Waals surface area contributed by atoms with Crippen molar-refractivity contribution in [2.75, 3.05) is 19.6 Å². The highest BCUT2D eigenvalue weighted by Gasteiger charge is 2.19. The number of benzene rings is 2. The number of aryl methyl sites for hydroxylation is 1. The van der Waals surface area contributed by atoms with Crippen LogP contribution in [0.3, 0.4) is 0 Å². The van der Waals surface area contributed by atoms with Crippen LogP contribution in [-0.2, 0) is 14.4 Å². The summed E-state index contributed by atoms with van der Waals surface area (Å²) in [5.74, 6) is 0.138. The van der Waals surface area contributed by atoms with E-state index in [1.54, 1.807) is 25.1 Å². The molecule has 1 unspecified atom stereocenters. The minimum atomic E-state index is -0.553. The molecule has 3 rings (SSSR count). The number of carbonyl (C=O) groups is 3. The molecule has 202 valence electrons. The van der Waals surface area contributed by atoms with Crippen molar-refractivity contribution in [2.24, 2.45) is 0 Å². The molecule has 9 nitrogen and oxygen atoms in total. The van der Waals surface area contributed by atoms with Gasteiger partial charge in [0.25, 0.3) is 0 Å². The lowest BCUT2D eigenvalue weighted by atomic mass is 9.88. The van der Waals surface area contributed by atoms with E-state index in [2.05, 4.69) is 36.7 Å². The fourth-order valence-corrected chi connectivity index (χ4v) is 4.46. The Morgan fingerprint density at radius 3 is 2.13 bits per heavy atom. The quantitative estimate of drug-likeness (QED) is 0.276. The molecule has 0 aliphatic carbocycles. The molecular weight excluding hydrogens is 486 g/mol. The molecule has 3 aromatic rings. The Hall–Kier alpha value is -3.98. The average molecular weight is 522 g/mol. The van der Waals surface area contributed by atoms with Gasteiger partial charge in [-0.1, -0.05) is 0 Å². The van der Waals surface area contributed by atoms with Crippen LogP contribution in [0.15, 0.2) is 27.4 Å². The monoisotopic (exact) mass is 521 g/mol. The van der Waals surface area contributed by atoms with E-state index in [0.717, 1.165) is 16.7 Å². The van der Waals surface area contributed by atoms with Gasteiger partial charge in [-0.15, -0.1) is 0 Å². The lowest BCUT2D eigenvalue weighted by Crippen LogP contribution is -2.43. The zero-order valence-corrected chi connectivity index (χ0v) is 23.0. The van der Waals surface area contributed by atoms with E-state index < -0.39 is 18.0 Å². The maximum absolute atomic E-state index is 13.1. The van der Waals surface area contributed by atoms with Crippen LogP contribution in [0.1, 0.15) is 40.3 Å². The van der Waals surface area contributed by atoms with Gasteiger partial charge >= 0.3 is 0 Å². The molecule has 1 heterocycles. The third kappa shape index (κ3) is 6.28. The summed E-state index contributed by atoms with van der Waals surface area (Å²) < 4.78 is 12.2. The Kier molecular flexibility index (Phi) is 9.06. The van der Waals surface area contributed by atoms with Crippen LogP contribution in [-0.4, -0.2) is 44.0 Å². The summed E-state index contributed by atoms with van der Waals surface area (Å²) in [5, 5.41) is 8.22. The Labute approximate surface area is 221 Å². The van der Waals surface area contributed by atoms with Gasteiger partial charge in [0.1, 0.15) is 29.6 Å². The van der Waals surface area contributed by atoms with Crippen LogP contribution in [0.5, 0.6) is 5.75 Å². The number of ether oxygens (including phenoxy) is 1. The van der Waals surface area contributed by atoms with Crippen molar-refractivity contribution in [3.05, 3.63) is 61.8 Å². The Bertz CT molecular complexity index is 1430. The number of hydrogen-bond acceptors (Lipinski definition) is 7. The number of aldehydes is 1. The number of carbonyl (C=O) groups excluding carboxylic acids is 3. The second-order valence-electron chi connectivity index (χ2n) is 9.48. The first-order valence-corrected chi connectivity index (χ1v) is 12.5. The van der Waals surface area contributed by atoms with Gasteiger partial charge in [-0.3, -0.25) is 19.7 Å². The van der Waals surface area contributed by atoms with E-state index in [-0.39, 0.29) is 25.1 Å². The summed E-state index contributed by atoms with van der Waals surface area (Å²) in [6.07, 6.45) is 0.0102. The molecule has 0 saturated heterocycles. The molecule has 3 N–H and O–H groups in total. The van der Waals surface area contributed by atoms with Gasteiger partial charge in [-0.25, -0.2) is 0 Å². The fourth-order valence-electron chi connectivity index (χ4n) is 4.46. The molecule has 2 aromatic carbocycles. The van der Waals surface area contributed by atoms with Gasteiger partial charge < -0.3 is 24.6 Å². The molecule has 0 bridgehead atoms. The molecule has 1 atom stereocenters. The summed E-state index contributed by atoms with van der Waals surface area (Å²) in [6.45, 7) is 13.5. The predicted octanol–water partition coefficient (Wildman–Crippen LogP) is 3.06. The molecule has 0 radical (unpaired) electrons. The number of hydrogen-bond donors (Lipinski definition) is 3. The summed E-state index contributed by atoms with van der Waals surface area (Å²) >= 11 is 0. The van der Waals surface area contributed by atoms with Crippen molar-refractivity contribution in [1.82, 2.24) is 16.0 Å². The van der Waals surface area contributed by atoms with Crippen LogP contribution in [0.4, 0.5) is 0 Å². The van der Waals surface area contributed by atoms with Crippen LogP contribution in [0, 0.1) is 41.5 Å². The van der Waals surface area contributed by atoms with Crippen molar-refractivity contribution >= 4 is 29.1 Å². The molecule has 0 fully saturated rings. The topological polar surface area (TPSA) is 127 Å². The SMILES string of the molecule is Cc1c(C)c(C)c(-c2cc(=O)c3c(C)cc(OC(C)NCC(=O)NCC(=O)NCC=O)cc3o2)c(C)c1C. The number of fused-ring (bicyclic) bond motifs is 1. The van der Waals surface area contributed by atoms with Crippen LogP contribution in [0.25, 0.3) is 22.3 Å². The van der Waals surface area contributed by atoms with Gasteiger partial charge in [0, 0.05) is 17.7 Å². The standard InChI is InChI=1S/C29H35N3O6/c1-15-10-22(37-21(7)31-13-27(36)32-14-26(35)30-8-9-33)11-24-28(15)23(34)12-25(38-24)29-19(5)17(3)16(2)18(4)20(29)6/h9-12,21,31H,8,13-14H2,1-7H3,(H,30,35)(H,32,36). The second-order valence-corrected chi connectivity index (χ2v) is 9.48. The third-order valence-corrected chi connectivity index (χ3v) is 6.94. The van der Waals surface area contributed by atoms with E-state index in [1.165, 1.54) is 16.7 Å². The van der Waals surface area contributed by atoms with E-state index in [4.69, 9.17) is 9.15 Å². The lowest BCUT2D eigenvalue weighted by molar-refractivity contribution is -0.126. The molecule has 38 heavy (non-hydrogen) atoms. The first-order valence-electron chi connectivity index (χ1n) is 12.5. The summed E-state index contributed by atoms with van der Waals surface area (Å²) in [7, 11) is 0. The van der Waals surface area contributed by atoms with Gasteiger partial charge in [0.2, 0.25) is 11.8 Å². The molecule has 2 amide bonds. The summed E-state index contributed by atoms with van der Waals surface area (Å²) in [4.78, 5) is 46.9. The van der Waals surface area contributed by atoms with E-state index in [0.29, 0.717) is 34.3 Å². The van der Waals surface area contributed by atoms with E-state index in [1.807, 2.05) is 20.8 Å². The molecule has 0 aliphatic rings. The average Bonchev–Trinajstić information content (AvgIpc) is 2.86. The van der Waals surface area contributed by atoms with Crippen molar-refractivity contribution in [3.8, 4) is 17.1 Å². The Morgan fingerprint density at radius 1 is 0.895 bits per heavy atom. The zero-order valence-electron chi connectivity index (χ0n) is 23.0. The smallest absolute Gasteiger partial charge is 0.239 e. The number of rotatable bonds is 10. The van der Waals surface area contributed by atoms with Crippen molar-refractivity contribution in [3.63, 3.8) is 0 Å². The summed E-state index contributed by atoms with van der Waals surface area (Å²) in [6, 6.07) is 4.99. The molecule has 0 saturated carbocycles. The molecule has 0 aliphatic heterocycles. The number of amides is 2. The first kappa shape index (κ1) is 28.6. The first-order chi connectivity index (χ1) is 17.9. The molecule has 1 aromatic heterocycles. The van der Waals surface area contributed by atoms with Crippen LogP contribution >= 0.6 is 0 Å². The lowest BCUT2D eigenvalue weighted by Gasteiger charge is -2.19. The van der Waals surface area contributed by atoms with Gasteiger partial charge in [0.15, 0.2) is 5.43 Å². The fraction of sp³-hybridized carbons (Fsp3) is 0.379. The highest BCUT2D eigenvalue weighted by atomic mass is 16.5. The predicted molar refractivity (Wildman–Crippen MR) is 147 cm³/mol. The maximum atomic E-state index is 13.1. The maximum Gasteiger partial charge on any atom is 0.239 e. The molecule has 0 spiro atoms. The highest BCUT2D eigenvalue weighted by Crippen LogP contribution is 2.35. The minimum absolute atomic E-state index is 0.0847. The van der Waals surface area contributed by atoms with Gasteiger partial charge in [-0.2, -0.15) is 0 Å². The minimum Gasteiger partial charge on any atom is -0.475 e. The van der Waals surface area contributed by atoms with Crippen LogP contribution < -0.4 is 26.1 Å². The van der Waals surface area contributed by atoms with Crippen molar-refractivity contribution in [1.29, 1.82) is 0 Å². The Morgan fingerprint density at radius 2 is 1.50 bits per heavy atom. The third-order valence-electron chi connectivity index (χ3n) is 6.94. The number of nitrogens with one attached hydrogen (secondary N) is 3. The molecular formula is C29H35N3O6. The van der Waals surface area contributed by atoms with E-state index in [9.17, 15) is 19.2 Å². The highest BCUT2D eigenvalue weighted by molar-refractivity contribution is 5.86. The largest absolute Gasteiger partial charge is 0.475 e. The normalized spacial score (nSPS) is 11.8. The van der Waals surface area contributed by atoms with Crippen molar-refractivity contribution < 1.29 is 23.5 Å². The second kappa shape index (κ2) is 12.0.